The van der Waals surface area contributed by atoms with E-state index < -0.39 is 0 Å². The zero-order valence-electron chi connectivity index (χ0n) is 13.9. The lowest BCUT2D eigenvalue weighted by Crippen LogP contribution is -2.53. The molecular weight excluding hydrogens is 248 g/mol. The van der Waals surface area contributed by atoms with Crippen molar-refractivity contribution in [2.75, 3.05) is 26.2 Å². The molecule has 3 atom stereocenters. The zero-order valence-corrected chi connectivity index (χ0v) is 13.9. The number of likely N-dealkylation sites (tertiary alicyclic amines) is 1. The van der Waals surface area contributed by atoms with Crippen LogP contribution in [0, 0.1) is 17.3 Å². The average Bonchev–Trinajstić information content (AvgIpc) is 3.18. The van der Waals surface area contributed by atoms with Crippen molar-refractivity contribution in [2.45, 2.75) is 65.5 Å². The lowest BCUT2D eigenvalue weighted by atomic mass is 9.87. The highest BCUT2D eigenvalue weighted by atomic mass is 16.3. The van der Waals surface area contributed by atoms with Gasteiger partial charge >= 0.3 is 0 Å². The molecule has 0 spiro atoms. The second-order valence-corrected chi connectivity index (χ2v) is 8.27. The van der Waals surface area contributed by atoms with Crippen LogP contribution in [0.15, 0.2) is 0 Å². The predicted molar refractivity (Wildman–Crippen MR) is 84.8 cm³/mol. The minimum Gasteiger partial charge on any atom is -0.393 e. The number of nitrogens with zero attached hydrogens (tertiary/aromatic N) is 1. The van der Waals surface area contributed by atoms with Crippen LogP contribution in [0.25, 0.3) is 0 Å². The molecule has 3 unspecified atom stereocenters. The van der Waals surface area contributed by atoms with Crippen LogP contribution in [0.5, 0.6) is 0 Å². The fourth-order valence-corrected chi connectivity index (χ4v) is 3.26. The minimum atomic E-state index is -0.129. The molecule has 2 N–H and O–H groups in total. The molecule has 2 aliphatic rings. The van der Waals surface area contributed by atoms with Crippen molar-refractivity contribution in [2.24, 2.45) is 17.3 Å². The van der Waals surface area contributed by atoms with E-state index in [-0.39, 0.29) is 6.10 Å². The largest absolute Gasteiger partial charge is 0.393 e. The highest BCUT2D eigenvalue weighted by Gasteiger charge is 2.34. The van der Waals surface area contributed by atoms with E-state index in [0.29, 0.717) is 17.4 Å². The van der Waals surface area contributed by atoms with Crippen LogP contribution < -0.4 is 5.32 Å². The van der Waals surface area contributed by atoms with E-state index in [2.05, 4.69) is 37.9 Å². The Morgan fingerprint density at radius 3 is 2.50 bits per heavy atom. The van der Waals surface area contributed by atoms with Crippen LogP contribution in [0.1, 0.15) is 53.4 Å². The molecular formula is C17H34N2O. The number of hydrogen-bond acceptors (Lipinski definition) is 3. The molecule has 2 fully saturated rings. The number of aliphatic hydroxyl groups excluding tert-OH is 1. The lowest BCUT2D eigenvalue weighted by Gasteiger charge is -2.41. The molecule has 2 rings (SSSR count). The van der Waals surface area contributed by atoms with Crippen LogP contribution in [0.2, 0.25) is 0 Å². The summed E-state index contributed by atoms with van der Waals surface area (Å²) in [6, 6.07) is 0.549. The van der Waals surface area contributed by atoms with Gasteiger partial charge in [-0.1, -0.05) is 27.7 Å². The molecule has 1 saturated carbocycles. The van der Waals surface area contributed by atoms with Crippen molar-refractivity contribution in [3.05, 3.63) is 0 Å². The first-order valence-electron chi connectivity index (χ1n) is 8.51. The van der Waals surface area contributed by atoms with Crippen molar-refractivity contribution in [1.82, 2.24) is 10.2 Å². The van der Waals surface area contributed by atoms with Crippen molar-refractivity contribution in [1.29, 1.82) is 0 Å². The van der Waals surface area contributed by atoms with Gasteiger partial charge in [0.15, 0.2) is 0 Å². The molecule has 0 aromatic carbocycles. The van der Waals surface area contributed by atoms with E-state index in [1.54, 1.807) is 0 Å². The summed E-state index contributed by atoms with van der Waals surface area (Å²) in [5.41, 5.74) is 0.331. The van der Waals surface area contributed by atoms with E-state index in [1.165, 1.54) is 25.9 Å². The Morgan fingerprint density at radius 2 is 1.95 bits per heavy atom. The Labute approximate surface area is 125 Å². The minimum absolute atomic E-state index is 0.129. The Balaban J connectivity index is 1.88. The van der Waals surface area contributed by atoms with E-state index >= 15 is 0 Å². The summed E-state index contributed by atoms with van der Waals surface area (Å²) in [6.07, 6.45) is 4.71. The summed E-state index contributed by atoms with van der Waals surface area (Å²) in [5, 5.41) is 14.0. The topological polar surface area (TPSA) is 35.5 Å². The van der Waals surface area contributed by atoms with Gasteiger partial charge in [-0.15, -0.1) is 0 Å². The van der Waals surface area contributed by atoms with E-state index in [0.717, 1.165) is 31.8 Å². The Morgan fingerprint density at radius 1 is 1.25 bits per heavy atom. The first-order valence-corrected chi connectivity index (χ1v) is 8.51. The van der Waals surface area contributed by atoms with Crippen LogP contribution in [0.4, 0.5) is 0 Å². The average molecular weight is 282 g/mol. The standard InChI is InChI=1S/C17H34N2O/c1-5-16(20)14-8-15(18-12-17(2,3)4)11-19(10-14)9-13-6-7-13/h13-16,18,20H,5-12H2,1-4H3. The van der Waals surface area contributed by atoms with Gasteiger partial charge in [-0.05, 0) is 42.9 Å². The summed E-state index contributed by atoms with van der Waals surface area (Å²) >= 11 is 0. The molecule has 0 bridgehead atoms. The molecule has 1 aliphatic carbocycles. The monoisotopic (exact) mass is 282 g/mol. The third-order valence-corrected chi connectivity index (χ3v) is 4.66. The lowest BCUT2D eigenvalue weighted by molar-refractivity contribution is 0.0327. The fourth-order valence-electron chi connectivity index (χ4n) is 3.26. The van der Waals surface area contributed by atoms with Crippen LogP contribution in [-0.2, 0) is 0 Å². The highest BCUT2D eigenvalue weighted by Crippen LogP contribution is 2.32. The third-order valence-electron chi connectivity index (χ3n) is 4.66. The van der Waals surface area contributed by atoms with Gasteiger partial charge < -0.3 is 15.3 Å². The predicted octanol–water partition coefficient (Wildman–Crippen LogP) is 2.49. The van der Waals surface area contributed by atoms with Crippen LogP contribution >= 0.6 is 0 Å². The molecule has 3 heteroatoms. The number of aliphatic hydroxyl groups is 1. The molecule has 3 nitrogen and oxygen atoms in total. The number of rotatable bonds is 6. The van der Waals surface area contributed by atoms with Crippen molar-refractivity contribution in [3.8, 4) is 0 Å². The van der Waals surface area contributed by atoms with Crippen molar-refractivity contribution >= 4 is 0 Å². The smallest absolute Gasteiger partial charge is 0.0578 e. The van der Waals surface area contributed by atoms with Gasteiger partial charge in [0.1, 0.15) is 0 Å². The molecule has 1 aliphatic heterocycles. The van der Waals surface area contributed by atoms with E-state index in [1.807, 2.05) is 0 Å². The van der Waals surface area contributed by atoms with E-state index in [9.17, 15) is 5.11 Å². The molecule has 1 saturated heterocycles. The summed E-state index contributed by atoms with van der Waals surface area (Å²) in [6.45, 7) is 13.5. The fraction of sp³-hybridized carbons (Fsp3) is 1.00. The molecule has 1 heterocycles. The highest BCUT2D eigenvalue weighted by molar-refractivity contribution is 4.89. The SMILES string of the molecule is CCC(O)C1CC(NCC(C)(C)C)CN(CC2CC2)C1. The molecule has 118 valence electrons. The molecule has 0 aromatic rings. The van der Waals surface area contributed by atoms with E-state index in [4.69, 9.17) is 0 Å². The van der Waals surface area contributed by atoms with Crippen LogP contribution in [0.3, 0.4) is 0 Å². The van der Waals surface area contributed by atoms with Gasteiger partial charge in [0.2, 0.25) is 0 Å². The summed E-state index contributed by atoms with van der Waals surface area (Å²) in [5.74, 6) is 1.39. The van der Waals surface area contributed by atoms with Gasteiger partial charge in [0, 0.05) is 32.2 Å². The van der Waals surface area contributed by atoms with Gasteiger partial charge in [-0.2, -0.15) is 0 Å². The molecule has 0 amide bonds. The molecule has 20 heavy (non-hydrogen) atoms. The summed E-state index contributed by atoms with van der Waals surface area (Å²) in [4.78, 5) is 2.60. The maximum Gasteiger partial charge on any atom is 0.0578 e. The quantitative estimate of drug-likeness (QED) is 0.786. The summed E-state index contributed by atoms with van der Waals surface area (Å²) in [7, 11) is 0. The Kier molecular flexibility index (Phi) is 5.49. The maximum absolute atomic E-state index is 10.2. The van der Waals surface area contributed by atoms with Crippen LogP contribution in [-0.4, -0.2) is 48.3 Å². The summed E-state index contributed by atoms with van der Waals surface area (Å²) < 4.78 is 0. The Bertz CT molecular complexity index is 296. The number of hydrogen-bond donors (Lipinski definition) is 2. The van der Waals surface area contributed by atoms with Crippen molar-refractivity contribution in [3.63, 3.8) is 0 Å². The Hall–Kier alpha value is -0.120. The third kappa shape index (κ3) is 5.34. The number of piperidine rings is 1. The second kappa shape index (κ2) is 6.76. The van der Waals surface area contributed by atoms with Crippen molar-refractivity contribution < 1.29 is 5.11 Å². The molecule has 0 radical (unpaired) electrons. The zero-order chi connectivity index (χ0) is 14.8. The second-order valence-electron chi connectivity index (χ2n) is 8.27. The molecule has 0 aromatic heterocycles. The first-order chi connectivity index (χ1) is 9.37. The van der Waals surface area contributed by atoms with Gasteiger partial charge in [-0.3, -0.25) is 0 Å². The normalized spacial score (nSPS) is 30.4. The maximum atomic E-state index is 10.2. The van der Waals surface area contributed by atoms with Gasteiger partial charge in [0.25, 0.3) is 0 Å². The number of nitrogens with one attached hydrogen (secondary N) is 1. The van der Waals surface area contributed by atoms with Gasteiger partial charge in [-0.25, -0.2) is 0 Å². The first kappa shape index (κ1) is 16.3. The van der Waals surface area contributed by atoms with Gasteiger partial charge in [0.05, 0.1) is 6.10 Å².